The average molecular weight is 161 g/mol. The zero-order valence-electron chi connectivity index (χ0n) is 7.04. The van der Waals surface area contributed by atoms with E-state index in [4.69, 9.17) is 5.11 Å². The van der Waals surface area contributed by atoms with Gasteiger partial charge in [-0.3, -0.25) is 4.99 Å². The molecule has 2 nitrogen and oxygen atoms in total. The molecule has 2 rings (SSSR count). The van der Waals surface area contributed by atoms with E-state index in [-0.39, 0.29) is 6.61 Å². The molecule has 0 bridgehead atoms. The van der Waals surface area contributed by atoms with Crippen LogP contribution >= 0.6 is 0 Å². The summed E-state index contributed by atoms with van der Waals surface area (Å²) in [5, 5.41) is 9.04. The number of hydrogen-bond donors (Lipinski definition) is 1. The van der Waals surface area contributed by atoms with E-state index in [1.807, 2.05) is 25.1 Å². The van der Waals surface area contributed by atoms with E-state index in [0.717, 1.165) is 23.4 Å². The van der Waals surface area contributed by atoms with Crippen LogP contribution in [-0.2, 0) is 13.0 Å². The smallest absolute Gasteiger partial charge is 0.0685 e. The van der Waals surface area contributed by atoms with Crippen LogP contribution in [0.1, 0.15) is 18.1 Å². The van der Waals surface area contributed by atoms with Gasteiger partial charge >= 0.3 is 0 Å². The number of rotatable bonds is 1. The Morgan fingerprint density at radius 2 is 2.33 bits per heavy atom. The van der Waals surface area contributed by atoms with Gasteiger partial charge in [0.05, 0.1) is 12.3 Å². The van der Waals surface area contributed by atoms with Crippen molar-refractivity contribution < 1.29 is 5.11 Å². The molecule has 1 N–H and O–H groups in total. The highest BCUT2D eigenvalue weighted by molar-refractivity contribution is 5.92. The van der Waals surface area contributed by atoms with Gasteiger partial charge in [-0.1, -0.05) is 12.1 Å². The maximum atomic E-state index is 9.04. The molecule has 0 saturated carbocycles. The maximum Gasteiger partial charge on any atom is 0.0685 e. The van der Waals surface area contributed by atoms with Crippen LogP contribution in [0.25, 0.3) is 0 Å². The second kappa shape index (κ2) is 2.72. The molecule has 1 aromatic carbocycles. The summed E-state index contributed by atoms with van der Waals surface area (Å²) in [5.41, 5.74) is 4.36. The molecule has 0 fully saturated rings. The fourth-order valence-electron chi connectivity index (χ4n) is 1.58. The fourth-order valence-corrected chi connectivity index (χ4v) is 1.58. The number of aliphatic imine (C=N–C) groups is 1. The monoisotopic (exact) mass is 161 g/mol. The lowest BCUT2D eigenvalue weighted by Crippen LogP contribution is -1.94. The minimum atomic E-state index is 0.117. The van der Waals surface area contributed by atoms with Gasteiger partial charge in [-0.15, -0.1) is 0 Å². The SMILES string of the molecule is CC1=Nc2cccc(CO)c2C1. The number of aliphatic hydroxyl groups is 1. The molecule has 0 radical (unpaired) electrons. The molecular weight excluding hydrogens is 150 g/mol. The lowest BCUT2D eigenvalue weighted by Gasteiger charge is -2.02. The molecule has 0 saturated heterocycles. The van der Waals surface area contributed by atoms with Crippen LogP contribution in [0.5, 0.6) is 0 Å². The zero-order valence-corrected chi connectivity index (χ0v) is 7.04. The average Bonchev–Trinajstić information content (AvgIpc) is 2.44. The van der Waals surface area contributed by atoms with Crippen LogP contribution in [0.4, 0.5) is 5.69 Å². The topological polar surface area (TPSA) is 32.6 Å². The predicted octanol–water partition coefficient (Wildman–Crippen LogP) is 1.83. The lowest BCUT2D eigenvalue weighted by molar-refractivity contribution is 0.281. The standard InChI is InChI=1S/C10H11NO/c1-7-5-9-8(6-12)3-2-4-10(9)11-7/h2-4,12H,5-6H2,1H3. The number of fused-ring (bicyclic) bond motifs is 1. The minimum absolute atomic E-state index is 0.117. The third kappa shape index (κ3) is 1.04. The Balaban J connectivity index is 2.51. The largest absolute Gasteiger partial charge is 0.392 e. The Labute approximate surface area is 71.6 Å². The summed E-state index contributed by atoms with van der Waals surface area (Å²) in [5.74, 6) is 0. The van der Waals surface area contributed by atoms with Crippen LogP contribution in [0.2, 0.25) is 0 Å². The molecule has 12 heavy (non-hydrogen) atoms. The van der Waals surface area contributed by atoms with Gasteiger partial charge in [0.25, 0.3) is 0 Å². The maximum absolute atomic E-state index is 9.04. The molecule has 0 atom stereocenters. The lowest BCUT2D eigenvalue weighted by atomic mass is 10.0. The van der Waals surface area contributed by atoms with Crippen molar-refractivity contribution in [2.24, 2.45) is 4.99 Å². The Morgan fingerprint density at radius 1 is 1.50 bits per heavy atom. The van der Waals surface area contributed by atoms with Gasteiger partial charge in [-0.2, -0.15) is 0 Å². The first-order chi connectivity index (χ1) is 5.81. The molecule has 1 heterocycles. The summed E-state index contributed by atoms with van der Waals surface area (Å²) >= 11 is 0. The van der Waals surface area contributed by atoms with Crippen molar-refractivity contribution in [3.8, 4) is 0 Å². The molecule has 62 valence electrons. The van der Waals surface area contributed by atoms with Crippen LogP contribution in [0.15, 0.2) is 23.2 Å². The molecule has 0 spiro atoms. The second-order valence-corrected chi connectivity index (χ2v) is 3.10. The molecule has 0 amide bonds. The van der Waals surface area contributed by atoms with E-state index in [2.05, 4.69) is 4.99 Å². The van der Waals surface area contributed by atoms with E-state index in [0.29, 0.717) is 0 Å². The van der Waals surface area contributed by atoms with Crippen LogP contribution < -0.4 is 0 Å². The molecular formula is C10H11NO. The second-order valence-electron chi connectivity index (χ2n) is 3.10. The first kappa shape index (κ1) is 7.50. The van der Waals surface area contributed by atoms with Crippen LogP contribution in [-0.4, -0.2) is 10.8 Å². The third-order valence-electron chi connectivity index (χ3n) is 2.16. The normalized spacial score (nSPS) is 14.3. The van der Waals surface area contributed by atoms with Crippen molar-refractivity contribution in [2.45, 2.75) is 20.0 Å². The third-order valence-corrected chi connectivity index (χ3v) is 2.16. The quantitative estimate of drug-likeness (QED) is 0.669. The zero-order chi connectivity index (χ0) is 8.55. The number of aliphatic hydroxyl groups excluding tert-OH is 1. The summed E-state index contributed by atoms with van der Waals surface area (Å²) in [7, 11) is 0. The fraction of sp³-hybridized carbons (Fsp3) is 0.300. The van der Waals surface area contributed by atoms with E-state index in [1.54, 1.807) is 0 Å². The summed E-state index contributed by atoms with van der Waals surface area (Å²) in [4.78, 5) is 4.37. The summed E-state index contributed by atoms with van der Waals surface area (Å²) < 4.78 is 0. The van der Waals surface area contributed by atoms with Crippen LogP contribution in [0.3, 0.4) is 0 Å². The molecule has 0 aromatic heterocycles. The number of nitrogens with zero attached hydrogens (tertiary/aromatic N) is 1. The van der Waals surface area contributed by atoms with E-state index in [9.17, 15) is 0 Å². The van der Waals surface area contributed by atoms with Gasteiger partial charge in [0.1, 0.15) is 0 Å². The van der Waals surface area contributed by atoms with Crippen molar-refractivity contribution in [3.63, 3.8) is 0 Å². The molecule has 1 aromatic rings. The Bertz CT molecular complexity index is 342. The Morgan fingerprint density at radius 3 is 3.08 bits per heavy atom. The summed E-state index contributed by atoms with van der Waals surface area (Å²) in [6.45, 7) is 2.13. The van der Waals surface area contributed by atoms with Gasteiger partial charge in [0, 0.05) is 12.1 Å². The van der Waals surface area contributed by atoms with Gasteiger partial charge in [-0.25, -0.2) is 0 Å². The van der Waals surface area contributed by atoms with Crippen molar-refractivity contribution in [2.75, 3.05) is 0 Å². The minimum Gasteiger partial charge on any atom is -0.392 e. The van der Waals surface area contributed by atoms with Crippen molar-refractivity contribution in [1.29, 1.82) is 0 Å². The van der Waals surface area contributed by atoms with E-state index >= 15 is 0 Å². The van der Waals surface area contributed by atoms with Crippen LogP contribution in [0, 0.1) is 0 Å². The molecule has 1 aliphatic heterocycles. The first-order valence-electron chi connectivity index (χ1n) is 4.07. The van der Waals surface area contributed by atoms with Crippen molar-refractivity contribution in [1.82, 2.24) is 0 Å². The Hall–Kier alpha value is -1.15. The van der Waals surface area contributed by atoms with Crippen molar-refractivity contribution in [3.05, 3.63) is 29.3 Å². The van der Waals surface area contributed by atoms with Crippen molar-refractivity contribution >= 4 is 11.4 Å². The molecule has 2 heteroatoms. The highest BCUT2D eigenvalue weighted by Gasteiger charge is 2.13. The summed E-state index contributed by atoms with van der Waals surface area (Å²) in [6.07, 6.45) is 0.895. The molecule has 1 aliphatic rings. The Kier molecular flexibility index (Phi) is 1.70. The van der Waals surface area contributed by atoms with E-state index < -0.39 is 0 Å². The predicted molar refractivity (Wildman–Crippen MR) is 48.8 cm³/mol. The number of benzene rings is 1. The summed E-state index contributed by atoms with van der Waals surface area (Å²) in [6, 6.07) is 5.88. The van der Waals surface area contributed by atoms with Gasteiger partial charge in [-0.05, 0) is 24.1 Å². The first-order valence-corrected chi connectivity index (χ1v) is 4.07. The highest BCUT2D eigenvalue weighted by atomic mass is 16.3. The highest BCUT2D eigenvalue weighted by Crippen LogP contribution is 2.29. The number of hydrogen-bond acceptors (Lipinski definition) is 2. The van der Waals surface area contributed by atoms with Gasteiger partial charge in [0.15, 0.2) is 0 Å². The molecule has 0 aliphatic carbocycles. The van der Waals surface area contributed by atoms with Gasteiger partial charge in [0.2, 0.25) is 0 Å². The van der Waals surface area contributed by atoms with E-state index in [1.165, 1.54) is 5.56 Å². The van der Waals surface area contributed by atoms with Gasteiger partial charge < -0.3 is 5.11 Å². The molecule has 0 unspecified atom stereocenters.